The third-order valence-electron chi connectivity index (χ3n) is 3.87. The molecule has 0 aliphatic heterocycles. The van der Waals surface area contributed by atoms with Crippen LogP contribution in [0.15, 0.2) is 34.8 Å². The van der Waals surface area contributed by atoms with E-state index in [1.165, 1.54) is 21.3 Å². The van der Waals surface area contributed by atoms with Gasteiger partial charge in [0.05, 0.1) is 31.4 Å². The summed E-state index contributed by atoms with van der Waals surface area (Å²) in [7, 11) is 4.57. The van der Waals surface area contributed by atoms with Crippen molar-refractivity contribution in [2.24, 2.45) is 0 Å². The molecule has 6 heteroatoms. The highest BCUT2D eigenvalue weighted by Crippen LogP contribution is 2.45. The quantitative estimate of drug-likeness (QED) is 0.709. The molecule has 134 valence electrons. The van der Waals surface area contributed by atoms with Crippen molar-refractivity contribution in [3.8, 4) is 17.2 Å². The first-order valence-corrected chi connectivity index (χ1v) is 8.64. The smallest absolute Gasteiger partial charge is 0.259 e. The highest BCUT2D eigenvalue weighted by molar-refractivity contribution is 9.10. The third-order valence-corrected chi connectivity index (χ3v) is 4.66. The van der Waals surface area contributed by atoms with Crippen LogP contribution < -0.4 is 19.1 Å². The maximum Gasteiger partial charge on any atom is 0.259 e. The summed E-state index contributed by atoms with van der Waals surface area (Å²) in [5, 5.41) is 0. The standard InChI is InChI=1S/C19H22BrNO4/c1-6-21(13-9-7-8-12(2)10-13)19(22)14-11-15(23-3)17(24-4)18(25-5)16(14)20/h7-11H,6H2,1-5H3. The van der Waals surface area contributed by atoms with E-state index in [4.69, 9.17) is 14.2 Å². The van der Waals surface area contributed by atoms with Crippen molar-refractivity contribution < 1.29 is 19.0 Å². The number of nitrogens with zero attached hydrogens (tertiary/aromatic N) is 1. The van der Waals surface area contributed by atoms with Crippen LogP contribution in [-0.2, 0) is 0 Å². The third kappa shape index (κ3) is 3.74. The number of hydrogen-bond acceptors (Lipinski definition) is 4. The number of aryl methyl sites for hydroxylation is 1. The highest BCUT2D eigenvalue weighted by atomic mass is 79.9. The maximum atomic E-state index is 13.2. The van der Waals surface area contributed by atoms with Crippen LogP contribution in [0, 0.1) is 6.92 Å². The molecule has 2 rings (SSSR count). The molecule has 0 aliphatic carbocycles. The summed E-state index contributed by atoms with van der Waals surface area (Å²) >= 11 is 3.47. The second kappa shape index (κ2) is 8.25. The fourth-order valence-corrected chi connectivity index (χ4v) is 3.29. The fourth-order valence-electron chi connectivity index (χ4n) is 2.66. The van der Waals surface area contributed by atoms with E-state index in [1.54, 1.807) is 11.0 Å². The number of benzene rings is 2. The maximum absolute atomic E-state index is 13.2. The molecule has 2 aromatic carbocycles. The first-order chi connectivity index (χ1) is 12.0. The summed E-state index contributed by atoms with van der Waals surface area (Å²) in [6, 6.07) is 9.49. The predicted octanol–water partition coefficient (Wildman–Crippen LogP) is 4.45. The summed E-state index contributed by atoms with van der Waals surface area (Å²) in [5.74, 6) is 1.14. The van der Waals surface area contributed by atoms with E-state index in [9.17, 15) is 4.79 Å². The molecule has 0 saturated heterocycles. The molecule has 0 heterocycles. The number of methoxy groups -OCH3 is 3. The first kappa shape index (κ1) is 19.1. The minimum atomic E-state index is -0.153. The van der Waals surface area contributed by atoms with Crippen molar-refractivity contribution in [1.82, 2.24) is 0 Å². The number of halogens is 1. The number of hydrogen-bond donors (Lipinski definition) is 0. The molecule has 0 atom stereocenters. The van der Waals surface area contributed by atoms with Crippen molar-refractivity contribution in [1.29, 1.82) is 0 Å². The van der Waals surface area contributed by atoms with Crippen molar-refractivity contribution in [2.45, 2.75) is 13.8 Å². The van der Waals surface area contributed by atoms with Crippen LogP contribution in [0.3, 0.4) is 0 Å². The lowest BCUT2D eigenvalue weighted by atomic mass is 10.1. The lowest BCUT2D eigenvalue weighted by Gasteiger charge is -2.23. The van der Waals surface area contributed by atoms with Gasteiger partial charge in [-0.1, -0.05) is 12.1 Å². The molecule has 0 saturated carbocycles. The van der Waals surface area contributed by atoms with E-state index < -0.39 is 0 Å². The van der Waals surface area contributed by atoms with E-state index >= 15 is 0 Å². The Balaban J connectivity index is 2.57. The minimum Gasteiger partial charge on any atom is -0.493 e. The Bertz CT molecular complexity index is 776. The summed E-state index contributed by atoms with van der Waals surface area (Å²) in [5.41, 5.74) is 2.37. The number of rotatable bonds is 6. The fraction of sp³-hybridized carbons (Fsp3) is 0.316. The van der Waals surface area contributed by atoms with Gasteiger partial charge in [0.25, 0.3) is 5.91 Å². The molecule has 0 fully saturated rings. The van der Waals surface area contributed by atoms with E-state index in [-0.39, 0.29) is 5.91 Å². The molecule has 0 aliphatic rings. The monoisotopic (exact) mass is 407 g/mol. The minimum absolute atomic E-state index is 0.153. The summed E-state index contributed by atoms with van der Waals surface area (Å²) in [6.45, 7) is 4.47. The Morgan fingerprint density at radius 1 is 1.08 bits per heavy atom. The molecule has 0 N–H and O–H groups in total. The Morgan fingerprint density at radius 2 is 1.76 bits per heavy atom. The van der Waals surface area contributed by atoms with Gasteiger partial charge in [0.1, 0.15) is 0 Å². The predicted molar refractivity (Wildman–Crippen MR) is 102 cm³/mol. The Kier molecular flexibility index (Phi) is 6.31. The van der Waals surface area contributed by atoms with Gasteiger partial charge in [0, 0.05) is 12.2 Å². The largest absolute Gasteiger partial charge is 0.493 e. The molecule has 0 spiro atoms. The number of amides is 1. The summed E-state index contributed by atoms with van der Waals surface area (Å²) in [6.07, 6.45) is 0. The van der Waals surface area contributed by atoms with Gasteiger partial charge in [-0.2, -0.15) is 0 Å². The lowest BCUT2D eigenvalue weighted by Crippen LogP contribution is -2.31. The Hall–Kier alpha value is -2.21. The Morgan fingerprint density at radius 3 is 2.28 bits per heavy atom. The second-order valence-corrected chi connectivity index (χ2v) is 6.19. The van der Waals surface area contributed by atoms with E-state index in [2.05, 4.69) is 15.9 Å². The highest BCUT2D eigenvalue weighted by Gasteiger charge is 2.26. The zero-order valence-electron chi connectivity index (χ0n) is 15.1. The van der Waals surface area contributed by atoms with Crippen LogP contribution in [0.2, 0.25) is 0 Å². The Labute approximate surface area is 156 Å². The van der Waals surface area contributed by atoms with Crippen LogP contribution in [0.4, 0.5) is 5.69 Å². The van der Waals surface area contributed by atoms with Crippen LogP contribution in [0.5, 0.6) is 17.2 Å². The average molecular weight is 408 g/mol. The van der Waals surface area contributed by atoms with Gasteiger partial charge in [-0.05, 0) is 53.5 Å². The van der Waals surface area contributed by atoms with Crippen molar-refractivity contribution in [2.75, 3.05) is 32.8 Å². The topological polar surface area (TPSA) is 48.0 Å². The molecule has 0 aromatic heterocycles. The van der Waals surface area contributed by atoms with E-state index in [0.717, 1.165) is 11.3 Å². The van der Waals surface area contributed by atoms with Gasteiger partial charge in [0.15, 0.2) is 11.5 Å². The van der Waals surface area contributed by atoms with Crippen LogP contribution in [0.1, 0.15) is 22.8 Å². The first-order valence-electron chi connectivity index (χ1n) is 7.85. The summed E-state index contributed by atoms with van der Waals surface area (Å²) < 4.78 is 16.7. The molecule has 0 unspecified atom stereocenters. The molecule has 1 amide bonds. The van der Waals surface area contributed by atoms with Crippen molar-refractivity contribution in [3.05, 3.63) is 45.9 Å². The van der Waals surface area contributed by atoms with Crippen LogP contribution in [-0.4, -0.2) is 33.8 Å². The molecule has 25 heavy (non-hydrogen) atoms. The molecular formula is C19H22BrNO4. The van der Waals surface area contributed by atoms with E-state index in [1.807, 2.05) is 38.1 Å². The van der Waals surface area contributed by atoms with Gasteiger partial charge in [-0.3, -0.25) is 4.79 Å². The van der Waals surface area contributed by atoms with Gasteiger partial charge < -0.3 is 19.1 Å². The molecule has 0 bridgehead atoms. The van der Waals surface area contributed by atoms with Gasteiger partial charge in [-0.15, -0.1) is 0 Å². The SMILES string of the molecule is CCN(C(=O)c1cc(OC)c(OC)c(OC)c1Br)c1cccc(C)c1. The van der Waals surface area contributed by atoms with Crippen molar-refractivity contribution >= 4 is 27.5 Å². The van der Waals surface area contributed by atoms with Crippen LogP contribution in [0.25, 0.3) is 0 Å². The second-order valence-electron chi connectivity index (χ2n) is 5.40. The van der Waals surface area contributed by atoms with Gasteiger partial charge in [-0.25, -0.2) is 0 Å². The molecule has 2 aromatic rings. The number of carbonyl (C=O) groups is 1. The van der Waals surface area contributed by atoms with Crippen molar-refractivity contribution in [3.63, 3.8) is 0 Å². The number of anilines is 1. The zero-order valence-corrected chi connectivity index (χ0v) is 16.6. The molecular weight excluding hydrogens is 386 g/mol. The van der Waals surface area contributed by atoms with Gasteiger partial charge >= 0.3 is 0 Å². The lowest BCUT2D eigenvalue weighted by molar-refractivity contribution is 0.0986. The number of ether oxygens (including phenoxy) is 3. The zero-order chi connectivity index (χ0) is 18.6. The van der Waals surface area contributed by atoms with Crippen LogP contribution >= 0.6 is 15.9 Å². The van der Waals surface area contributed by atoms with Gasteiger partial charge in [0.2, 0.25) is 5.75 Å². The average Bonchev–Trinajstić information content (AvgIpc) is 2.61. The normalized spacial score (nSPS) is 10.3. The summed E-state index contributed by atoms with van der Waals surface area (Å²) in [4.78, 5) is 14.9. The molecule has 5 nitrogen and oxygen atoms in total. The number of carbonyl (C=O) groups excluding carboxylic acids is 1. The molecule has 0 radical (unpaired) electrons. The van der Waals surface area contributed by atoms with E-state index in [0.29, 0.717) is 33.8 Å².